The highest BCUT2D eigenvalue weighted by Gasteiger charge is 2.40. The lowest BCUT2D eigenvalue weighted by atomic mass is 9.96. The van der Waals surface area contributed by atoms with Crippen molar-refractivity contribution in [1.82, 2.24) is 20.0 Å². The van der Waals surface area contributed by atoms with Gasteiger partial charge in [0.1, 0.15) is 35.7 Å². The van der Waals surface area contributed by atoms with E-state index >= 15 is 0 Å². The highest BCUT2D eigenvalue weighted by Crippen LogP contribution is 2.22. The number of benzene rings is 3. The molecule has 0 fully saturated rings. The third-order valence-corrected chi connectivity index (χ3v) is 10.5. The Morgan fingerprint density at radius 1 is 0.690 bits per heavy atom. The van der Waals surface area contributed by atoms with Crippen molar-refractivity contribution < 1.29 is 48.4 Å². The first kappa shape index (κ1) is 46.8. The fraction of sp³-hybridized carbons (Fsp3) is 0.477. The molecule has 0 aliphatic rings. The van der Waals surface area contributed by atoms with Crippen molar-refractivity contribution in [3.05, 3.63) is 89.5 Å². The van der Waals surface area contributed by atoms with E-state index in [0.29, 0.717) is 35.5 Å². The summed E-state index contributed by atoms with van der Waals surface area (Å²) in [6.45, 7) is 7.19. The van der Waals surface area contributed by atoms with Gasteiger partial charge in [0.25, 0.3) is 11.7 Å². The molecule has 0 heterocycles. The lowest BCUT2D eigenvalue weighted by Crippen LogP contribution is -2.59. The first-order valence-electron chi connectivity index (χ1n) is 19.4. The molecule has 1 unspecified atom stereocenters. The maximum atomic E-state index is 14.5. The van der Waals surface area contributed by atoms with Gasteiger partial charge in [0.05, 0.1) is 14.2 Å². The lowest BCUT2D eigenvalue weighted by Gasteiger charge is -2.36. The van der Waals surface area contributed by atoms with Crippen molar-refractivity contribution in [2.75, 3.05) is 42.4 Å². The van der Waals surface area contributed by atoms with Gasteiger partial charge in [0.2, 0.25) is 11.8 Å². The molecule has 0 aliphatic heterocycles. The topological polar surface area (TPSA) is 178 Å². The van der Waals surface area contributed by atoms with E-state index in [-0.39, 0.29) is 18.6 Å². The number of nitrogens with zero attached hydrogens (tertiary/aromatic N) is 3. The average Bonchev–Trinajstić information content (AvgIpc) is 3.21. The van der Waals surface area contributed by atoms with Gasteiger partial charge in [-0.15, -0.1) is 0 Å². The van der Waals surface area contributed by atoms with Gasteiger partial charge < -0.3 is 39.5 Å². The van der Waals surface area contributed by atoms with E-state index < -0.39 is 71.8 Å². The SMILES string of the molecule is CC[C@@H](C)[C@@H](OC(=O)[C@@H](Cc1ccc(OC)cc1)N(C)C)C(=O)N[C@H](C(=O)N(C)C(Cc1ccc(O)cc1)C(=O)N(C)[C@@H](Cc1ccc([OH2+])cc1)C(=O)OC)C(C)C. The van der Waals surface area contributed by atoms with Crippen LogP contribution >= 0.6 is 0 Å². The van der Waals surface area contributed by atoms with Gasteiger partial charge in [-0.05, 0) is 85.9 Å². The van der Waals surface area contributed by atoms with Gasteiger partial charge in [0.15, 0.2) is 6.10 Å². The molecule has 3 aromatic rings. The number of aromatic hydroxyl groups is 1. The molecular weight excluding hydrogens is 745 g/mol. The monoisotopic (exact) mass is 805 g/mol. The maximum Gasteiger partial charge on any atom is 0.328 e. The summed E-state index contributed by atoms with van der Waals surface area (Å²) >= 11 is 0. The first-order valence-corrected chi connectivity index (χ1v) is 19.4. The summed E-state index contributed by atoms with van der Waals surface area (Å²) in [6, 6.07) is 16.0. The molecule has 3 amide bonds. The minimum Gasteiger partial charge on any atom is -0.593 e. The Hall–Kier alpha value is -5.63. The van der Waals surface area contributed by atoms with E-state index in [1.54, 1.807) is 95.4 Å². The zero-order valence-electron chi connectivity index (χ0n) is 35.4. The van der Waals surface area contributed by atoms with Crippen molar-refractivity contribution in [3.8, 4) is 17.2 Å². The Bertz CT molecular complexity index is 1820. The van der Waals surface area contributed by atoms with Crippen molar-refractivity contribution >= 4 is 29.7 Å². The Kier molecular flexibility index (Phi) is 17.5. The lowest BCUT2D eigenvalue weighted by molar-refractivity contribution is -0.164. The molecule has 0 saturated carbocycles. The minimum absolute atomic E-state index is 0.0130. The molecule has 0 saturated heterocycles. The Labute approximate surface area is 342 Å². The summed E-state index contributed by atoms with van der Waals surface area (Å²) in [7, 11) is 9.25. The van der Waals surface area contributed by atoms with E-state index in [1.807, 2.05) is 19.1 Å². The van der Waals surface area contributed by atoms with Gasteiger partial charge in [0, 0.05) is 45.0 Å². The third kappa shape index (κ3) is 12.7. The second-order valence-corrected chi connectivity index (χ2v) is 15.2. The number of rotatable bonds is 20. The number of nitrogens with one attached hydrogen (secondary N) is 1. The zero-order chi connectivity index (χ0) is 43.3. The summed E-state index contributed by atoms with van der Waals surface area (Å²) < 4.78 is 16.3. The summed E-state index contributed by atoms with van der Waals surface area (Å²) in [5.74, 6) is -2.91. The van der Waals surface area contributed by atoms with Crippen LogP contribution in [0.25, 0.3) is 0 Å². The Morgan fingerprint density at radius 2 is 1.17 bits per heavy atom. The molecule has 0 spiro atoms. The molecule has 58 heavy (non-hydrogen) atoms. The zero-order valence-corrected chi connectivity index (χ0v) is 35.4. The van der Waals surface area contributed by atoms with E-state index in [2.05, 4.69) is 5.32 Å². The number of carbonyl (C=O) groups is 5. The average molecular weight is 806 g/mol. The molecule has 6 atom stereocenters. The van der Waals surface area contributed by atoms with Crippen LogP contribution in [0.15, 0.2) is 72.8 Å². The molecule has 0 bridgehead atoms. The van der Waals surface area contributed by atoms with E-state index in [9.17, 15) is 29.1 Å². The van der Waals surface area contributed by atoms with Crippen molar-refractivity contribution in [2.45, 2.75) is 83.6 Å². The summed E-state index contributed by atoms with van der Waals surface area (Å²) in [6.07, 6.45) is -0.295. The highest BCUT2D eigenvalue weighted by molar-refractivity contribution is 5.95. The predicted molar refractivity (Wildman–Crippen MR) is 220 cm³/mol. The highest BCUT2D eigenvalue weighted by atomic mass is 16.6. The van der Waals surface area contributed by atoms with Gasteiger partial charge in [-0.2, -0.15) is 0 Å². The molecule has 4 N–H and O–H groups in total. The van der Waals surface area contributed by atoms with Crippen molar-refractivity contribution in [2.24, 2.45) is 11.8 Å². The van der Waals surface area contributed by atoms with Gasteiger partial charge in [-0.25, -0.2) is 4.79 Å². The summed E-state index contributed by atoms with van der Waals surface area (Å²) in [4.78, 5) is 74.3. The number of hydrogen-bond donors (Lipinski definition) is 2. The molecule has 14 heteroatoms. The molecule has 3 rings (SSSR count). The van der Waals surface area contributed by atoms with Gasteiger partial charge >= 0.3 is 11.9 Å². The Balaban J connectivity index is 1.92. The van der Waals surface area contributed by atoms with Gasteiger partial charge in [-0.1, -0.05) is 52.0 Å². The predicted octanol–water partition coefficient (Wildman–Crippen LogP) is 3.72. The van der Waals surface area contributed by atoms with Crippen molar-refractivity contribution in [1.29, 1.82) is 0 Å². The second kappa shape index (κ2) is 21.8. The molecule has 14 nitrogen and oxygen atoms in total. The van der Waals surface area contributed by atoms with Crippen LogP contribution in [0.4, 0.5) is 0 Å². The maximum absolute atomic E-state index is 14.5. The molecule has 0 aromatic heterocycles. The molecule has 316 valence electrons. The van der Waals surface area contributed by atoms with Crippen LogP contribution in [-0.2, 0) is 52.7 Å². The van der Waals surface area contributed by atoms with Crippen LogP contribution in [0, 0.1) is 11.8 Å². The van der Waals surface area contributed by atoms with Crippen LogP contribution < -0.4 is 10.1 Å². The quantitative estimate of drug-likeness (QED) is 0.126. The fourth-order valence-electron chi connectivity index (χ4n) is 6.44. The number of likely N-dealkylation sites (N-methyl/N-ethyl adjacent to an activating group) is 3. The summed E-state index contributed by atoms with van der Waals surface area (Å²) in [5, 5.41) is 20.6. The fourth-order valence-corrected chi connectivity index (χ4v) is 6.44. The Morgan fingerprint density at radius 3 is 1.66 bits per heavy atom. The van der Waals surface area contributed by atoms with Crippen LogP contribution in [0.3, 0.4) is 0 Å². The number of carbonyl (C=O) groups excluding carboxylic acids is 5. The number of esters is 2. The second-order valence-electron chi connectivity index (χ2n) is 15.2. The van der Waals surface area contributed by atoms with E-state index in [0.717, 1.165) is 5.56 Å². The largest absolute Gasteiger partial charge is 0.593 e. The number of phenolic OH excluding ortho intramolecular Hbond substituents is 1. The molecule has 0 radical (unpaired) electrons. The number of phenols is 1. The normalized spacial score (nSPS) is 14.3. The number of hydrogen-bond acceptors (Lipinski definition) is 10. The van der Waals surface area contributed by atoms with Crippen LogP contribution in [-0.4, -0.2) is 127 Å². The number of amides is 3. The smallest absolute Gasteiger partial charge is 0.328 e. The molecule has 0 aliphatic carbocycles. The number of ether oxygens (including phenoxy) is 3. The number of methoxy groups -OCH3 is 2. The third-order valence-electron chi connectivity index (χ3n) is 10.5. The first-order chi connectivity index (χ1) is 27.4. The van der Waals surface area contributed by atoms with Gasteiger partial charge in [-0.3, -0.25) is 24.1 Å². The standard InChI is InChI=1S/C44H60N4O10/c1-11-28(4)39(58-44(55)36(46(5)6)25-31-16-22-34(56-9)23-17-31)40(51)45-38(27(2)3)42(53)47(7)35(24-29-12-18-32(49)19-13-29)41(52)48(8)37(43(54)57-10)26-30-14-20-33(50)21-15-30/h12-23,27-28,35-39,49-50H,11,24-26H2,1-10H3,(H,45,51)/p+1/t28-,35?,36-,37+,38+,39-/m1/s1. The molecular formula is C44H61N4O10+. The summed E-state index contributed by atoms with van der Waals surface area (Å²) in [5.41, 5.74) is 2.20. The van der Waals surface area contributed by atoms with Crippen LogP contribution in [0.2, 0.25) is 0 Å². The van der Waals surface area contributed by atoms with E-state index in [1.165, 1.54) is 43.1 Å². The van der Waals surface area contributed by atoms with Crippen molar-refractivity contribution in [3.63, 3.8) is 0 Å². The van der Waals surface area contributed by atoms with Crippen LogP contribution in [0.1, 0.15) is 50.8 Å². The van der Waals surface area contributed by atoms with Crippen LogP contribution in [0.5, 0.6) is 17.2 Å². The van der Waals surface area contributed by atoms with E-state index in [4.69, 9.17) is 19.3 Å². The minimum atomic E-state index is -1.22. The molecule has 3 aromatic carbocycles.